The highest BCUT2D eigenvalue weighted by Gasteiger charge is 2.41. The maximum absolute atomic E-state index is 13.7. The number of ether oxygens (including phenoxy) is 1. The van der Waals surface area contributed by atoms with Gasteiger partial charge in [-0.3, -0.25) is 14.2 Å². The van der Waals surface area contributed by atoms with E-state index in [1.807, 2.05) is 6.92 Å². The second-order valence-corrected chi connectivity index (χ2v) is 7.78. The van der Waals surface area contributed by atoms with Crippen molar-refractivity contribution in [2.24, 2.45) is 14.1 Å². The van der Waals surface area contributed by atoms with Crippen molar-refractivity contribution in [3.8, 4) is 17.1 Å². The van der Waals surface area contributed by atoms with E-state index in [1.54, 1.807) is 24.9 Å². The Morgan fingerprint density at radius 3 is 2.62 bits per heavy atom. The van der Waals surface area contributed by atoms with Crippen LogP contribution >= 0.6 is 0 Å². The molecule has 4 rings (SSSR count). The lowest BCUT2D eigenvalue weighted by atomic mass is 9.94. The Labute approximate surface area is 182 Å². The average molecular weight is 448 g/mol. The van der Waals surface area contributed by atoms with Crippen molar-refractivity contribution >= 4 is 5.91 Å². The number of aryl methyl sites for hydroxylation is 2. The van der Waals surface area contributed by atoms with Gasteiger partial charge in [0.25, 0.3) is 5.91 Å². The monoisotopic (exact) mass is 448 g/mol. The van der Waals surface area contributed by atoms with Gasteiger partial charge in [-0.1, -0.05) is 0 Å². The summed E-state index contributed by atoms with van der Waals surface area (Å²) in [7, 11) is 4.36. The number of carbonyl (C=O) groups excluding carboxylic acids is 1. The molecule has 3 aromatic heterocycles. The van der Waals surface area contributed by atoms with Gasteiger partial charge in [0.2, 0.25) is 5.88 Å². The van der Waals surface area contributed by atoms with Crippen molar-refractivity contribution in [2.75, 3.05) is 13.7 Å². The molecule has 0 N–H and O–H groups in total. The summed E-state index contributed by atoms with van der Waals surface area (Å²) < 4.78 is 48.5. The molecule has 1 aliphatic rings. The normalized spacial score (nSPS) is 16.2. The van der Waals surface area contributed by atoms with E-state index in [2.05, 4.69) is 15.2 Å². The van der Waals surface area contributed by atoms with E-state index in [9.17, 15) is 18.0 Å². The Kier molecular flexibility index (Phi) is 5.22. The van der Waals surface area contributed by atoms with E-state index >= 15 is 0 Å². The Balaban J connectivity index is 1.74. The molecule has 3 aromatic rings. The summed E-state index contributed by atoms with van der Waals surface area (Å²) in [6.07, 6.45) is -1.45. The van der Waals surface area contributed by atoms with E-state index < -0.39 is 17.9 Å². The molecule has 32 heavy (non-hydrogen) atoms. The van der Waals surface area contributed by atoms with Crippen molar-refractivity contribution in [1.29, 1.82) is 0 Å². The first-order valence-electron chi connectivity index (χ1n) is 10.0. The van der Waals surface area contributed by atoms with Crippen LogP contribution in [0, 0.1) is 6.92 Å². The lowest BCUT2D eigenvalue weighted by Gasteiger charge is -2.33. The molecule has 0 spiro atoms. The van der Waals surface area contributed by atoms with Crippen molar-refractivity contribution in [2.45, 2.75) is 32.5 Å². The zero-order chi connectivity index (χ0) is 23.4. The molecule has 0 aliphatic carbocycles. The number of hydrogen-bond acceptors (Lipinski definition) is 5. The van der Waals surface area contributed by atoms with E-state index in [0.717, 1.165) is 4.68 Å². The molecule has 0 fully saturated rings. The second-order valence-electron chi connectivity index (χ2n) is 7.78. The minimum atomic E-state index is -4.56. The molecule has 0 aromatic carbocycles. The quantitative estimate of drug-likeness (QED) is 0.614. The zero-order valence-electron chi connectivity index (χ0n) is 18.4. The predicted molar refractivity (Wildman–Crippen MR) is 109 cm³/mol. The van der Waals surface area contributed by atoms with Gasteiger partial charge in [0.15, 0.2) is 5.69 Å². The third-order valence-corrected chi connectivity index (χ3v) is 5.95. The molecule has 11 heteroatoms. The second kappa shape index (κ2) is 7.64. The summed E-state index contributed by atoms with van der Waals surface area (Å²) in [6.45, 7) is 3.94. The molecular weight excluding hydrogens is 425 g/mol. The van der Waals surface area contributed by atoms with Crippen LogP contribution in [0.4, 0.5) is 13.2 Å². The van der Waals surface area contributed by atoms with Gasteiger partial charge in [0, 0.05) is 43.5 Å². The number of halogens is 3. The van der Waals surface area contributed by atoms with Crippen LogP contribution in [0.25, 0.3) is 11.3 Å². The van der Waals surface area contributed by atoms with Gasteiger partial charge in [0.05, 0.1) is 36.3 Å². The van der Waals surface area contributed by atoms with Crippen molar-refractivity contribution in [3.05, 3.63) is 46.5 Å². The minimum Gasteiger partial charge on any atom is -0.481 e. The van der Waals surface area contributed by atoms with Crippen molar-refractivity contribution in [3.63, 3.8) is 0 Å². The van der Waals surface area contributed by atoms with E-state index in [1.165, 1.54) is 31.2 Å². The summed E-state index contributed by atoms with van der Waals surface area (Å²) in [4.78, 5) is 19.1. The molecule has 1 atom stereocenters. The highest BCUT2D eigenvalue weighted by molar-refractivity contribution is 5.96. The Bertz CT molecular complexity index is 1200. The summed E-state index contributed by atoms with van der Waals surface area (Å²) in [5, 5.41) is 8.33. The summed E-state index contributed by atoms with van der Waals surface area (Å²) in [5.41, 5.74) is 1.91. The van der Waals surface area contributed by atoms with Crippen LogP contribution in [0.2, 0.25) is 0 Å². The number of aromatic nitrogens is 5. The minimum absolute atomic E-state index is 0.0158. The molecule has 0 unspecified atom stereocenters. The number of pyridine rings is 1. The van der Waals surface area contributed by atoms with Gasteiger partial charge >= 0.3 is 6.18 Å². The summed E-state index contributed by atoms with van der Waals surface area (Å²) in [6, 6.07) is 1.22. The maximum Gasteiger partial charge on any atom is 0.433 e. The largest absolute Gasteiger partial charge is 0.481 e. The summed E-state index contributed by atoms with van der Waals surface area (Å²) in [5.74, 6) is 0.170. The lowest BCUT2D eigenvalue weighted by Crippen LogP contribution is -2.39. The molecule has 0 radical (unpaired) electrons. The number of amides is 1. The SMILES string of the molecule is COc1nccc(C(=O)N2CCc3c(nn(C)c3-c3cnn(C)c3C(F)(F)F)[C@@H]2C)c1C. The number of nitrogens with zero attached hydrogens (tertiary/aromatic N) is 6. The molecule has 8 nitrogen and oxygen atoms in total. The van der Waals surface area contributed by atoms with Crippen LogP contribution in [0.5, 0.6) is 5.88 Å². The molecular formula is C21H23F3N6O2. The molecule has 1 aliphatic heterocycles. The molecule has 0 saturated carbocycles. The number of rotatable bonds is 3. The number of carbonyl (C=O) groups is 1. The Morgan fingerprint density at radius 2 is 1.97 bits per heavy atom. The molecule has 4 heterocycles. The first-order chi connectivity index (χ1) is 15.1. The van der Waals surface area contributed by atoms with Gasteiger partial charge in [-0.05, 0) is 26.3 Å². The fraction of sp³-hybridized carbons (Fsp3) is 0.429. The van der Waals surface area contributed by atoms with Crippen molar-refractivity contribution < 1.29 is 22.7 Å². The number of hydrogen-bond donors (Lipinski definition) is 0. The Morgan fingerprint density at radius 1 is 1.25 bits per heavy atom. The van der Waals surface area contributed by atoms with Crippen LogP contribution in [-0.2, 0) is 26.7 Å². The molecule has 170 valence electrons. The molecule has 0 saturated heterocycles. The first kappa shape index (κ1) is 21.8. The average Bonchev–Trinajstić information content (AvgIpc) is 3.27. The number of methoxy groups -OCH3 is 1. The highest BCUT2D eigenvalue weighted by Crippen LogP contribution is 2.41. The number of alkyl halides is 3. The summed E-state index contributed by atoms with van der Waals surface area (Å²) >= 11 is 0. The van der Waals surface area contributed by atoms with Gasteiger partial charge in [0.1, 0.15) is 0 Å². The van der Waals surface area contributed by atoms with Gasteiger partial charge in [-0.15, -0.1) is 0 Å². The first-order valence-corrected chi connectivity index (χ1v) is 10.0. The molecule has 0 bridgehead atoms. The van der Waals surface area contributed by atoms with Crippen LogP contribution in [-0.4, -0.2) is 49.0 Å². The number of fused-ring (bicyclic) bond motifs is 1. The standard InChI is InChI=1S/C21H23F3N6O2/c1-11-13(6-8-25-19(11)32-5)20(31)30-9-7-14-16(12(30)2)27-28(3)17(14)15-10-26-29(4)18(15)21(22,23)24/h6,8,10,12H,7,9H2,1-5H3/t12-/m0/s1. The van der Waals surface area contributed by atoms with E-state index in [-0.39, 0.29) is 11.5 Å². The van der Waals surface area contributed by atoms with E-state index in [4.69, 9.17) is 4.74 Å². The van der Waals surface area contributed by atoms with Gasteiger partial charge in [-0.25, -0.2) is 4.98 Å². The Hall–Kier alpha value is -3.37. The topological polar surface area (TPSA) is 78.1 Å². The molecule has 1 amide bonds. The maximum atomic E-state index is 13.7. The van der Waals surface area contributed by atoms with Crippen LogP contribution in [0.3, 0.4) is 0 Å². The van der Waals surface area contributed by atoms with Crippen LogP contribution in [0.1, 0.15) is 45.8 Å². The fourth-order valence-corrected chi connectivity index (χ4v) is 4.41. The smallest absolute Gasteiger partial charge is 0.433 e. The van der Waals surface area contributed by atoms with Crippen molar-refractivity contribution in [1.82, 2.24) is 29.4 Å². The third-order valence-electron chi connectivity index (χ3n) is 5.95. The highest BCUT2D eigenvalue weighted by atomic mass is 19.4. The van der Waals surface area contributed by atoms with Gasteiger partial charge < -0.3 is 9.64 Å². The lowest BCUT2D eigenvalue weighted by molar-refractivity contribution is -0.143. The van der Waals surface area contributed by atoms with E-state index in [0.29, 0.717) is 46.9 Å². The third kappa shape index (κ3) is 3.32. The fourth-order valence-electron chi connectivity index (χ4n) is 4.41. The van der Waals surface area contributed by atoms with Crippen LogP contribution < -0.4 is 4.74 Å². The predicted octanol–water partition coefficient (Wildman–Crippen LogP) is 3.31. The van der Waals surface area contributed by atoms with Gasteiger partial charge in [-0.2, -0.15) is 23.4 Å². The van der Waals surface area contributed by atoms with Crippen LogP contribution in [0.15, 0.2) is 18.5 Å². The zero-order valence-corrected chi connectivity index (χ0v) is 18.4.